The SMILES string of the molecule is CC(C)C(N)(CCCn1cncn1)C(=O)O. The van der Waals surface area contributed by atoms with Gasteiger partial charge in [-0.3, -0.25) is 9.48 Å². The van der Waals surface area contributed by atoms with Crippen LogP contribution in [0, 0.1) is 5.92 Å². The lowest BCUT2D eigenvalue weighted by molar-refractivity contribution is -0.145. The molecule has 0 aromatic carbocycles. The molecule has 0 saturated heterocycles. The lowest BCUT2D eigenvalue weighted by Gasteiger charge is -2.28. The summed E-state index contributed by atoms with van der Waals surface area (Å²) in [6.45, 7) is 4.28. The van der Waals surface area contributed by atoms with Crippen LogP contribution in [0.15, 0.2) is 12.7 Å². The molecule has 16 heavy (non-hydrogen) atoms. The van der Waals surface area contributed by atoms with Gasteiger partial charge in [0.15, 0.2) is 0 Å². The highest BCUT2D eigenvalue weighted by Crippen LogP contribution is 2.20. The molecule has 1 rings (SSSR count). The summed E-state index contributed by atoms with van der Waals surface area (Å²) < 4.78 is 1.67. The molecule has 3 N–H and O–H groups in total. The summed E-state index contributed by atoms with van der Waals surface area (Å²) in [6.07, 6.45) is 4.16. The van der Waals surface area contributed by atoms with Crippen LogP contribution in [0.1, 0.15) is 26.7 Å². The zero-order valence-corrected chi connectivity index (χ0v) is 9.63. The van der Waals surface area contributed by atoms with Crippen molar-refractivity contribution < 1.29 is 9.90 Å². The van der Waals surface area contributed by atoms with Crippen LogP contribution < -0.4 is 5.73 Å². The van der Waals surface area contributed by atoms with Crippen LogP contribution in [0.3, 0.4) is 0 Å². The van der Waals surface area contributed by atoms with Crippen LogP contribution in [-0.4, -0.2) is 31.4 Å². The number of hydrogen-bond acceptors (Lipinski definition) is 4. The third-order valence-electron chi connectivity index (χ3n) is 2.87. The van der Waals surface area contributed by atoms with E-state index in [4.69, 9.17) is 10.8 Å². The smallest absolute Gasteiger partial charge is 0.323 e. The second-order valence-corrected chi connectivity index (χ2v) is 4.26. The minimum absolute atomic E-state index is 0.0965. The average molecular weight is 226 g/mol. The number of aromatic nitrogens is 3. The van der Waals surface area contributed by atoms with Crippen LogP contribution >= 0.6 is 0 Å². The van der Waals surface area contributed by atoms with E-state index in [9.17, 15) is 4.79 Å². The third-order valence-corrected chi connectivity index (χ3v) is 2.87. The summed E-state index contributed by atoms with van der Waals surface area (Å²) in [4.78, 5) is 14.9. The summed E-state index contributed by atoms with van der Waals surface area (Å²) in [6, 6.07) is 0. The van der Waals surface area contributed by atoms with Gasteiger partial charge < -0.3 is 10.8 Å². The van der Waals surface area contributed by atoms with Crippen molar-refractivity contribution in [3.8, 4) is 0 Å². The van der Waals surface area contributed by atoms with Gasteiger partial charge in [0.05, 0.1) is 0 Å². The van der Waals surface area contributed by atoms with Crippen molar-refractivity contribution >= 4 is 5.97 Å². The van der Waals surface area contributed by atoms with Crippen LogP contribution in [0.2, 0.25) is 0 Å². The molecule has 0 aliphatic heterocycles. The Bertz CT molecular complexity index is 337. The third kappa shape index (κ3) is 2.79. The molecule has 1 aromatic rings. The summed E-state index contributed by atoms with van der Waals surface area (Å²) in [5.74, 6) is -1.04. The van der Waals surface area contributed by atoms with Gasteiger partial charge in [-0.2, -0.15) is 5.10 Å². The van der Waals surface area contributed by atoms with Gasteiger partial charge in [-0.25, -0.2) is 4.98 Å². The first-order chi connectivity index (χ1) is 7.47. The Morgan fingerprint density at radius 1 is 1.62 bits per heavy atom. The molecule has 6 heteroatoms. The van der Waals surface area contributed by atoms with E-state index in [1.165, 1.54) is 6.33 Å². The molecular weight excluding hydrogens is 208 g/mol. The van der Waals surface area contributed by atoms with E-state index in [0.29, 0.717) is 19.4 Å². The Morgan fingerprint density at radius 3 is 2.75 bits per heavy atom. The first kappa shape index (κ1) is 12.6. The van der Waals surface area contributed by atoms with Gasteiger partial charge in [0, 0.05) is 6.54 Å². The molecule has 1 aromatic heterocycles. The van der Waals surface area contributed by atoms with Crippen LogP contribution in [-0.2, 0) is 11.3 Å². The number of rotatable bonds is 6. The first-order valence-corrected chi connectivity index (χ1v) is 5.31. The lowest BCUT2D eigenvalue weighted by Crippen LogP contribution is -2.52. The number of carbonyl (C=O) groups is 1. The van der Waals surface area contributed by atoms with Crippen LogP contribution in [0.25, 0.3) is 0 Å². The average Bonchev–Trinajstić information content (AvgIpc) is 2.69. The molecule has 0 fully saturated rings. The topological polar surface area (TPSA) is 94.0 Å². The largest absolute Gasteiger partial charge is 0.480 e. The van der Waals surface area contributed by atoms with Crippen molar-refractivity contribution in [2.75, 3.05) is 0 Å². The minimum atomic E-state index is -1.15. The fraction of sp³-hybridized carbons (Fsp3) is 0.700. The minimum Gasteiger partial charge on any atom is -0.480 e. The normalized spacial score (nSPS) is 15.0. The van der Waals surface area contributed by atoms with Crippen molar-refractivity contribution in [3.63, 3.8) is 0 Å². The zero-order chi connectivity index (χ0) is 12.2. The molecular formula is C10H18N4O2. The molecule has 0 saturated carbocycles. The first-order valence-electron chi connectivity index (χ1n) is 5.31. The van der Waals surface area contributed by atoms with E-state index in [1.54, 1.807) is 11.0 Å². The van der Waals surface area contributed by atoms with E-state index in [0.717, 1.165) is 0 Å². The number of nitrogens with two attached hydrogens (primary N) is 1. The van der Waals surface area contributed by atoms with Gasteiger partial charge in [-0.1, -0.05) is 13.8 Å². The summed E-state index contributed by atoms with van der Waals surface area (Å²) in [7, 11) is 0. The Labute approximate surface area is 94.5 Å². The fourth-order valence-electron chi connectivity index (χ4n) is 1.52. The zero-order valence-electron chi connectivity index (χ0n) is 9.63. The molecule has 0 aliphatic rings. The van der Waals surface area contributed by atoms with Crippen LogP contribution in [0.5, 0.6) is 0 Å². The Hall–Kier alpha value is -1.43. The van der Waals surface area contributed by atoms with Crippen LogP contribution in [0.4, 0.5) is 0 Å². The molecule has 0 amide bonds. The predicted molar refractivity (Wildman–Crippen MR) is 58.6 cm³/mol. The molecule has 1 heterocycles. The second kappa shape index (κ2) is 5.07. The van der Waals surface area contributed by atoms with E-state index in [2.05, 4.69) is 10.1 Å². The number of aryl methyl sites for hydroxylation is 1. The fourth-order valence-corrected chi connectivity index (χ4v) is 1.52. The Kier molecular flexibility index (Phi) is 4.00. The van der Waals surface area contributed by atoms with Crippen molar-refractivity contribution in [2.45, 2.75) is 38.8 Å². The van der Waals surface area contributed by atoms with E-state index < -0.39 is 11.5 Å². The number of nitrogens with zero attached hydrogens (tertiary/aromatic N) is 3. The monoisotopic (exact) mass is 226 g/mol. The van der Waals surface area contributed by atoms with Crippen molar-refractivity contribution in [2.24, 2.45) is 11.7 Å². The van der Waals surface area contributed by atoms with E-state index in [-0.39, 0.29) is 5.92 Å². The molecule has 1 atom stereocenters. The van der Waals surface area contributed by atoms with Gasteiger partial charge in [0.1, 0.15) is 18.2 Å². The number of carboxylic acid groups (broad SMARTS) is 1. The van der Waals surface area contributed by atoms with Gasteiger partial charge in [-0.15, -0.1) is 0 Å². The standard InChI is InChI=1S/C10H18N4O2/c1-8(2)10(11,9(15)16)4-3-5-14-7-12-6-13-14/h6-8H,3-5,11H2,1-2H3,(H,15,16). The van der Waals surface area contributed by atoms with Gasteiger partial charge in [-0.05, 0) is 18.8 Å². The van der Waals surface area contributed by atoms with Crippen molar-refractivity contribution in [3.05, 3.63) is 12.7 Å². The molecule has 6 nitrogen and oxygen atoms in total. The molecule has 1 unspecified atom stereocenters. The van der Waals surface area contributed by atoms with Crippen molar-refractivity contribution in [1.29, 1.82) is 0 Å². The quantitative estimate of drug-likeness (QED) is 0.736. The summed E-state index contributed by atoms with van der Waals surface area (Å²) in [5.41, 5.74) is 4.73. The number of carboxylic acids is 1. The highest BCUT2D eigenvalue weighted by atomic mass is 16.4. The number of hydrogen-bond donors (Lipinski definition) is 2. The Morgan fingerprint density at radius 2 is 2.31 bits per heavy atom. The molecule has 0 bridgehead atoms. The number of aliphatic carboxylic acids is 1. The predicted octanol–water partition coefficient (Wildman–Crippen LogP) is 0.496. The molecule has 0 radical (unpaired) electrons. The van der Waals surface area contributed by atoms with E-state index >= 15 is 0 Å². The Balaban J connectivity index is 2.48. The van der Waals surface area contributed by atoms with Gasteiger partial charge in [0.25, 0.3) is 0 Å². The maximum absolute atomic E-state index is 11.1. The molecule has 0 aliphatic carbocycles. The maximum atomic E-state index is 11.1. The lowest BCUT2D eigenvalue weighted by atomic mass is 9.83. The molecule has 0 spiro atoms. The van der Waals surface area contributed by atoms with E-state index in [1.807, 2.05) is 13.8 Å². The highest BCUT2D eigenvalue weighted by molar-refractivity contribution is 5.78. The second-order valence-electron chi connectivity index (χ2n) is 4.26. The van der Waals surface area contributed by atoms with Crippen molar-refractivity contribution in [1.82, 2.24) is 14.8 Å². The molecule has 90 valence electrons. The summed E-state index contributed by atoms with van der Waals surface area (Å²) in [5, 5.41) is 13.0. The highest BCUT2D eigenvalue weighted by Gasteiger charge is 2.36. The van der Waals surface area contributed by atoms with Gasteiger partial charge >= 0.3 is 5.97 Å². The maximum Gasteiger partial charge on any atom is 0.323 e. The van der Waals surface area contributed by atoms with Gasteiger partial charge in [0.2, 0.25) is 0 Å². The summed E-state index contributed by atoms with van der Waals surface area (Å²) >= 11 is 0.